The monoisotopic (exact) mass is 565 g/mol. The van der Waals surface area contributed by atoms with Gasteiger partial charge in [0.25, 0.3) is 5.69 Å². The van der Waals surface area contributed by atoms with Crippen molar-refractivity contribution in [3.63, 3.8) is 0 Å². The summed E-state index contributed by atoms with van der Waals surface area (Å²) in [6.45, 7) is 1.60. The van der Waals surface area contributed by atoms with Crippen LogP contribution >= 0.6 is 0 Å². The number of carbonyl (C=O) groups is 5. The molecule has 2 fully saturated rings. The summed E-state index contributed by atoms with van der Waals surface area (Å²) in [5.41, 5.74) is 3.01. The molecular formula is C28H27N3O10. The number of rotatable bonds is 4. The van der Waals surface area contributed by atoms with E-state index in [-0.39, 0.29) is 16.8 Å². The molecule has 2 saturated carbocycles. The number of fused-ring (bicyclic) bond motifs is 3. The molecule has 13 nitrogen and oxygen atoms in total. The maximum atomic E-state index is 13.9. The van der Waals surface area contributed by atoms with Crippen LogP contribution in [0.25, 0.3) is 11.1 Å². The maximum Gasteiger partial charge on any atom is 0.269 e. The Morgan fingerprint density at radius 2 is 1.66 bits per heavy atom. The first kappa shape index (κ1) is 28.2. The third kappa shape index (κ3) is 3.76. The van der Waals surface area contributed by atoms with Crippen LogP contribution in [0.5, 0.6) is 5.75 Å². The van der Waals surface area contributed by atoms with Gasteiger partial charge in [-0.3, -0.25) is 39.0 Å². The van der Waals surface area contributed by atoms with Gasteiger partial charge in [0, 0.05) is 18.1 Å². The summed E-state index contributed by atoms with van der Waals surface area (Å²) in [4.78, 5) is 78.2. The minimum absolute atomic E-state index is 0.149. The van der Waals surface area contributed by atoms with Crippen LogP contribution < -0.4 is 5.73 Å². The van der Waals surface area contributed by atoms with Gasteiger partial charge in [-0.25, -0.2) is 0 Å². The van der Waals surface area contributed by atoms with Crippen molar-refractivity contribution in [2.24, 2.45) is 29.4 Å². The van der Waals surface area contributed by atoms with E-state index in [0.29, 0.717) is 11.1 Å². The molecule has 41 heavy (non-hydrogen) atoms. The predicted molar refractivity (Wildman–Crippen MR) is 140 cm³/mol. The van der Waals surface area contributed by atoms with Crippen LogP contribution in [0, 0.1) is 33.8 Å². The predicted octanol–water partition coefficient (Wildman–Crippen LogP) is -0.0260. The van der Waals surface area contributed by atoms with E-state index in [4.69, 9.17) is 5.73 Å². The molecule has 13 heteroatoms. The van der Waals surface area contributed by atoms with Crippen molar-refractivity contribution in [1.29, 1.82) is 0 Å². The summed E-state index contributed by atoms with van der Waals surface area (Å²) in [5, 5.41) is 45.3. The van der Waals surface area contributed by atoms with E-state index in [1.165, 1.54) is 49.3 Å². The lowest BCUT2D eigenvalue weighted by molar-refractivity contribution is -0.384. The Bertz CT molecular complexity index is 1550. The lowest BCUT2D eigenvalue weighted by Gasteiger charge is -2.56. The molecule has 0 aliphatic heterocycles. The Morgan fingerprint density at radius 1 is 1.05 bits per heavy atom. The number of phenolic OH excluding ortho intramolecular Hbond substituents is 1. The number of hydrogen-bond acceptors (Lipinski definition) is 11. The zero-order valence-electron chi connectivity index (χ0n) is 22.2. The van der Waals surface area contributed by atoms with Crippen molar-refractivity contribution in [3.8, 4) is 16.9 Å². The molecule has 3 aliphatic rings. The van der Waals surface area contributed by atoms with Crippen LogP contribution in [0.4, 0.5) is 5.69 Å². The third-order valence-electron chi connectivity index (χ3n) is 8.84. The van der Waals surface area contributed by atoms with Crippen LogP contribution in [0.1, 0.15) is 28.8 Å². The van der Waals surface area contributed by atoms with Gasteiger partial charge in [-0.1, -0.05) is 6.92 Å². The number of amides is 1. The van der Waals surface area contributed by atoms with Gasteiger partial charge in [-0.05, 0) is 61.0 Å². The van der Waals surface area contributed by atoms with Crippen molar-refractivity contribution in [2.45, 2.75) is 30.6 Å². The van der Waals surface area contributed by atoms with E-state index in [1.807, 2.05) is 0 Å². The standard InChI is InChI=1S/C28H27N3O10/c1-10-14-8-12(11-4-6-13(7-5-11)31(40)41)9-15(32)17(14)22(33)18-16(10)23(34)20-21(30(2)3)24(35)19(27(29)38)26(37)28(20,39)25(18)36/h4-10,16,18-21,23,32,34,39H,1-3H3,(H2,29,38)/t10-,16+,18?,19?,20+,21-,23-,28-/m0/s1. The molecule has 8 atom stereocenters. The van der Waals surface area contributed by atoms with Gasteiger partial charge in [0.15, 0.2) is 34.7 Å². The van der Waals surface area contributed by atoms with E-state index in [1.54, 1.807) is 13.0 Å². The quantitative estimate of drug-likeness (QED) is 0.219. The Labute approximate surface area is 232 Å². The van der Waals surface area contributed by atoms with Gasteiger partial charge in [-0.15, -0.1) is 0 Å². The number of phenols is 1. The highest BCUT2D eigenvalue weighted by Crippen LogP contribution is 2.54. The molecule has 0 saturated heterocycles. The number of likely N-dealkylation sites (N-methyl/N-ethyl adjacent to an activating group) is 1. The summed E-state index contributed by atoms with van der Waals surface area (Å²) in [6, 6.07) is 6.84. The third-order valence-corrected chi connectivity index (χ3v) is 8.84. The largest absolute Gasteiger partial charge is 0.507 e. The van der Waals surface area contributed by atoms with Crippen molar-refractivity contribution < 1.29 is 44.2 Å². The number of non-ortho nitro benzene ring substituents is 1. The van der Waals surface area contributed by atoms with Gasteiger partial charge < -0.3 is 21.1 Å². The molecule has 2 aromatic carbocycles. The smallest absolute Gasteiger partial charge is 0.269 e. The minimum Gasteiger partial charge on any atom is -0.507 e. The van der Waals surface area contributed by atoms with Gasteiger partial charge in [0.2, 0.25) is 5.91 Å². The normalized spacial score (nSPS) is 32.8. The van der Waals surface area contributed by atoms with Gasteiger partial charge in [0.05, 0.1) is 34.5 Å². The highest BCUT2D eigenvalue weighted by molar-refractivity contribution is 6.32. The SMILES string of the molecule is C[C@H]1c2cc(-c3ccc([N+](=O)[O-])cc3)cc(O)c2C(=O)C2C(=O)[C@]3(O)C(=O)C(C(N)=O)C(=O)[C@@H](N(C)C)[C@@H]3[C@@H](O)[C@@H]21. The molecule has 2 aromatic rings. The zero-order valence-corrected chi connectivity index (χ0v) is 22.2. The summed E-state index contributed by atoms with van der Waals surface area (Å²) in [6.07, 6.45) is -1.74. The van der Waals surface area contributed by atoms with Crippen molar-refractivity contribution >= 4 is 34.7 Å². The number of benzene rings is 2. The number of primary amides is 1. The average Bonchev–Trinajstić information content (AvgIpc) is 2.90. The van der Waals surface area contributed by atoms with Crippen LogP contribution in [0.15, 0.2) is 36.4 Å². The van der Waals surface area contributed by atoms with E-state index in [0.717, 1.165) is 0 Å². The fourth-order valence-corrected chi connectivity index (χ4v) is 6.96. The molecular weight excluding hydrogens is 538 g/mol. The Hall–Kier alpha value is -4.33. The molecule has 0 bridgehead atoms. The first-order valence-electron chi connectivity index (χ1n) is 12.8. The summed E-state index contributed by atoms with van der Waals surface area (Å²) < 4.78 is 0. The molecule has 0 spiro atoms. The zero-order chi connectivity index (χ0) is 30.3. The topological polar surface area (TPSA) is 218 Å². The van der Waals surface area contributed by atoms with E-state index >= 15 is 0 Å². The highest BCUT2D eigenvalue weighted by atomic mass is 16.6. The molecule has 214 valence electrons. The molecule has 1 amide bonds. The minimum atomic E-state index is -3.07. The fourth-order valence-electron chi connectivity index (χ4n) is 6.96. The maximum absolute atomic E-state index is 13.9. The molecule has 0 aromatic heterocycles. The van der Waals surface area contributed by atoms with Crippen molar-refractivity contribution in [1.82, 2.24) is 4.90 Å². The average molecular weight is 566 g/mol. The number of nitro groups is 1. The fraction of sp³-hybridized carbons (Fsp3) is 0.393. The van der Waals surface area contributed by atoms with Gasteiger partial charge in [-0.2, -0.15) is 0 Å². The second-order valence-corrected chi connectivity index (χ2v) is 11.1. The number of aliphatic hydroxyl groups is 2. The summed E-state index contributed by atoms with van der Waals surface area (Å²) in [5.74, 6) is -14.2. The van der Waals surface area contributed by atoms with Gasteiger partial charge >= 0.3 is 0 Å². The molecule has 5 N–H and O–H groups in total. The summed E-state index contributed by atoms with van der Waals surface area (Å²) in [7, 11) is 2.83. The molecule has 0 heterocycles. The Balaban J connectivity index is 1.66. The molecule has 3 aliphatic carbocycles. The van der Waals surface area contributed by atoms with E-state index in [2.05, 4.69) is 0 Å². The van der Waals surface area contributed by atoms with Gasteiger partial charge in [0.1, 0.15) is 5.75 Å². The van der Waals surface area contributed by atoms with Crippen LogP contribution in [-0.4, -0.2) is 86.0 Å². The van der Waals surface area contributed by atoms with Crippen molar-refractivity contribution in [2.75, 3.05) is 14.1 Å². The molecule has 0 radical (unpaired) electrons. The second-order valence-electron chi connectivity index (χ2n) is 11.1. The summed E-state index contributed by atoms with van der Waals surface area (Å²) >= 11 is 0. The number of nitro benzene ring substituents is 1. The number of nitrogens with zero attached hydrogens (tertiary/aromatic N) is 2. The number of aromatic hydroxyl groups is 1. The molecule has 2 unspecified atom stereocenters. The second kappa shape index (κ2) is 9.36. The van der Waals surface area contributed by atoms with Crippen LogP contribution in [0.3, 0.4) is 0 Å². The van der Waals surface area contributed by atoms with E-state index in [9.17, 15) is 49.4 Å². The van der Waals surface area contributed by atoms with E-state index < -0.39 is 87.0 Å². The number of ketones is 4. The first-order chi connectivity index (χ1) is 19.1. The van der Waals surface area contributed by atoms with Crippen LogP contribution in [-0.2, 0) is 19.2 Å². The Morgan fingerprint density at radius 3 is 2.20 bits per heavy atom. The highest BCUT2D eigenvalue weighted by Gasteiger charge is 2.72. The molecule has 5 rings (SSSR count). The lowest BCUT2D eigenvalue weighted by atomic mass is 9.49. The number of nitrogens with two attached hydrogens (primary N) is 1. The Kier molecular flexibility index (Phi) is 6.44. The number of carbonyl (C=O) groups excluding carboxylic acids is 5. The number of aliphatic hydroxyl groups excluding tert-OH is 1. The van der Waals surface area contributed by atoms with Crippen molar-refractivity contribution in [3.05, 3.63) is 57.6 Å². The number of Topliss-reactive ketones (excluding diaryl/α,β-unsaturated/α-hetero) is 4. The lowest BCUT2D eigenvalue weighted by Crippen LogP contribution is -2.77. The number of hydrogen-bond donors (Lipinski definition) is 4. The van der Waals surface area contributed by atoms with Crippen LogP contribution in [0.2, 0.25) is 0 Å². The first-order valence-corrected chi connectivity index (χ1v) is 12.8.